The van der Waals surface area contributed by atoms with Crippen molar-refractivity contribution in [2.75, 3.05) is 26.2 Å². The largest absolute Gasteiger partial charge is 0.481 e. The maximum atomic E-state index is 12.1. The molecule has 2 aliphatic heterocycles. The van der Waals surface area contributed by atoms with Gasteiger partial charge in [0.2, 0.25) is 5.91 Å². The van der Waals surface area contributed by atoms with E-state index in [1.165, 1.54) is 0 Å². The zero-order valence-electron chi connectivity index (χ0n) is 11.2. The normalized spacial score (nSPS) is 23.1. The van der Waals surface area contributed by atoms with Crippen molar-refractivity contribution in [2.45, 2.75) is 26.3 Å². The predicted molar refractivity (Wildman–Crippen MR) is 66.5 cm³/mol. The molecule has 0 aromatic heterocycles. The molecular formula is C12H19N3O4. The summed E-state index contributed by atoms with van der Waals surface area (Å²) in [4.78, 5) is 38.0. The first-order valence-electron chi connectivity index (χ1n) is 6.37. The molecular weight excluding hydrogens is 250 g/mol. The van der Waals surface area contributed by atoms with Crippen molar-refractivity contribution in [3.05, 3.63) is 0 Å². The van der Waals surface area contributed by atoms with Gasteiger partial charge in [-0.05, 0) is 13.8 Å². The summed E-state index contributed by atoms with van der Waals surface area (Å²) >= 11 is 0. The number of fused-ring (bicyclic) bond motifs is 1. The molecule has 0 spiro atoms. The second-order valence-electron chi connectivity index (χ2n) is 5.74. The van der Waals surface area contributed by atoms with Crippen LogP contribution in [0.4, 0.5) is 4.79 Å². The molecule has 2 N–H and O–H groups in total. The van der Waals surface area contributed by atoms with Crippen molar-refractivity contribution in [3.63, 3.8) is 0 Å². The van der Waals surface area contributed by atoms with Gasteiger partial charge in [0.25, 0.3) is 0 Å². The zero-order chi connectivity index (χ0) is 14.2. The highest BCUT2D eigenvalue weighted by atomic mass is 16.4. The highest BCUT2D eigenvalue weighted by Gasteiger charge is 2.39. The molecule has 2 saturated heterocycles. The van der Waals surface area contributed by atoms with Crippen LogP contribution in [0.1, 0.15) is 20.3 Å². The number of nitrogens with zero attached hydrogens (tertiary/aromatic N) is 2. The minimum atomic E-state index is -1.06. The Bertz CT molecular complexity index is 421. The zero-order valence-corrected chi connectivity index (χ0v) is 11.2. The summed E-state index contributed by atoms with van der Waals surface area (Å²) < 4.78 is 0. The lowest BCUT2D eigenvalue weighted by atomic mass is 9.89. The van der Waals surface area contributed by atoms with Crippen LogP contribution in [0.15, 0.2) is 0 Å². The van der Waals surface area contributed by atoms with Gasteiger partial charge in [0.1, 0.15) is 0 Å². The van der Waals surface area contributed by atoms with Crippen molar-refractivity contribution in [1.29, 1.82) is 0 Å². The Hall–Kier alpha value is -1.79. The minimum Gasteiger partial charge on any atom is -0.481 e. The highest BCUT2D eigenvalue weighted by molar-refractivity contribution is 5.85. The van der Waals surface area contributed by atoms with Crippen LogP contribution in [0.25, 0.3) is 0 Å². The fourth-order valence-electron chi connectivity index (χ4n) is 2.40. The van der Waals surface area contributed by atoms with Gasteiger partial charge < -0.3 is 20.2 Å². The van der Waals surface area contributed by atoms with Crippen LogP contribution < -0.4 is 5.32 Å². The average molecular weight is 269 g/mol. The first-order valence-corrected chi connectivity index (χ1v) is 6.37. The summed E-state index contributed by atoms with van der Waals surface area (Å²) in [5, 5.41) is 11.8. The molecule has 2 heterocycles. The van der Waals surface area contributed by atoms with E-state index in [-0.39, 0.29) is 24.4 Å². The van der Waals surface area contributed by atoms with E-state index in [0.717, 1.165) is 0 Å². The highest BCUT2D eigenvalue weighted by Crippen LogP contribution is 2.23. The Morgan fingerprint density at radius 2 is 2.11 bits per heavy atom. The maximum absolute atomic E-state index is 12.1. The van der Waals surface area contributed by atoms with E-state index < -0.39 is 11.4 Å². The van der Waals surface area contributed by atoms with Crippen molar-refractivity contribution < 1.29 is 19.5 Å². The second-order valence-corrected chi connectivity index (χ2v) is 5.74. The molecule has 3 amide bonds. The van der Waals surface area contributed by atoms with E-state index >= 15 is 0 Å². The van der Waals surface area contributed by atoms with Gasteiger partial charge in [0, 0.05) is 32.6 Å². The number of carboxylic acid groups (broad SMARTS) is 1. The molecule has 106 valence electrons. The van der Waals surface area contributed by atoms with Crippen LogP contribution in [0, 0.1) is 5.41 Å². The lowest BCUT2D eigenvalue weighted by Gasteiger charge is -2.37. The molecule has 0 aromatic carbocycles. The number of piperazine rings is 1. The van der Waals surface area contributed by atoms with Gasteiger partial charge in [0.15, 0.2) is 0 Å². The Kier molecular flexibility index (Phi) is 3.38. The number of carbonyl (C=O) groups is 3. The van der Waals surface area contributed by atoms with Crippen LogP contribution in [-0.2, 0) is 9.59 Å². The van der Waals surface area contributed by atoms with E-state index in [1.807, 2.05) is 0 Å². The lowest BCUT2D eigenvalue weighted by molar-refractivity contribution is -0.152. The summed E-state index contributed by atoms with van der Waals surface area (Å²) in [6, 6.07) is -0.0684. The molecule has 0 saturated carbocycles. The van der Waals surface area contributed by atoms with Crippen LogP contribution in [0.5, 0.6) is 0 Å². The first kappa shape index (κ1) is 13.6. The van der Waals surface area contributed by atoms with E-state index in [9.17, 15) is 14.4 Å². The summed E-state index contributed by atoms with van der Waals surface area (Å²) in [5.74, 6) is -1.14. The fourth-order valence-corrected chi connectivity index (χ4v) is 2.40. The number of amides is 3. The number of carboxylic acids is 1. The molecule has 7 heteroatoms. The molecule has 19 heavy (non-hydrogen) atoms. The van der Waals surface area contributed by atoms with Gasteiger partial charge in [-0.2, -0.15) is 0 Å². The van der Waals surface area contributed by atoms with E-state index in [2.05, 4.69) is 5.32 Å². The fraction of sp³-hybridized carbons (Fsp3) is 0.750. The summed E-state index contributed by atoms with van der Waals surface area (Å²) in [6.07, 6.45) is -0.0174. The third kappa shape index (κ3) is 2.64. The Balaban J connectivity index is 1.95. The van der Waals surface area contributed by atoms with Crippen molar-refractivity contribution >= 4 is 17.9 Å². The monoisotopic (exact) mass is 269 g/mol. The molecule has 0 radical (unpaired) electrons. The molecule has 1 atom stereocenters. The van der Waals surface area contributed by atoms with Gasteiger partial charge in [-0.15, -0.1) is 0 Å². The Morgan fingerprint density at radius 3 is 2.74 bits per heavy atom. The van der Waals surface area contributed by atoms with Crippen LogP contribution in [0.3, 0.4) is 0 Å². The SMILES string of the molecule is CC(C)(CC(=O)N1CCN2C(=O)NCC2C1)C(=O)O. The minimum absolute atomic E-state index is 0.0122. The van der Waals surface area contributed by atoms with Gasteiger partial charge >= 0.3 is 12.0 Å². The topological polar surface area (TPSA) is 90.0 Å². The Morgan fingerprint density at radius 1 is 1.42 bits per heavy atom. The number of carbonyl (C=O) groups excluding carboxylic acids is 2. The number of hydrogen-bond acceptors (Lipinski definition) is 3. The standard InChI is InChI=1S/C12H19N3O4/c1-12(2,10(17)18)5-9(16)14-3-4-15-8(7-14)6-13-11(15)19/h8H,3-7H2,1-2H3,(H,13,19)(H,17,18). The smallest absolute Gasteiger partial charge is 0.317 e. The summed E-state index contributed by atoms with van der Waals surface area (Å²) in [6.45, 7) is 5.10. The van der Waals surface area contributed by atoms with Gasteiger partial charge in [0.05, 0.1) is 11.5 Å². The van der Waals surface area contributed by atoms with E-state index in [4.69, 9.17) is 5.11 Å². The number of aliphatic carboxylic acids is 1. The van der Waals surface area contributed by atoms with Crippen molar-refractivity contribution in [1.82, 2.24) is 15.1 Å². The second kappa shape index (κ2) is 4.71. The van der Waals surface area contributed by atoms with Crippen LogP contribution in [0.2, 0.25) is 0 Å². The maximum Gasteiger partial charge on any atom is 0.317 e. The third-order valence-corrected chi connectivity index (χ3v) is 3.76. The quantitative estimate of drug-likeness (QED) is 0.737. The van der Waals surface area contributed by atoms with E-state index in [0.29, 0.717) is 26.2 Å². The number of hydrogen-bond donors (Lipinski definition) is 2. The van der Waals surface area contributed by atoms with Crippen LogP contribution in [-0.4, -0.2) is 65.0 Å². The molecule has 2 aliphatic rings. The van der Waals surface area contributed by atoms with Crippen LogP contribution >= 0.6 is 0 Å². The van der Waals surface area contributed by atoms with Gasteiger partial charge in [-0.25, -0.2) is 4.79 Å². The molecule has 1 unspecified atom stereocenters. The Labute approximate surface area is 111 Å². The van der Waals surface area contributed by atoms with Crippen molar-refractivity contribution in [2.24, 2.45) is 5.41 Å². The number of urea groups is 1. The number of rotatable bonds is 3. The average Bonchev–Trinajstić information content (AvgIpc) is 2.70. The van der Waals surface area contributed by atoms with Crippen molar-refractivity contribution in [3.8, 4) is 0 Å². The molecule has 0 bridgehead atoms. The first-order chi connectivity index (χ1) is 8.81. The molecule has 2 fully saturated rings. The molecule has 0 aliphatic carbocycles. The molecule has 2 rings (SSSR count). The predicted octanol–water partition coefficient (Wildman–Crippen LogP) is -0.277. The number of nitrogens with one attached hydrogen (secondary N) is 1. The summed E-state index contributed by atoms with van der Waals surface area (Å²) in [7, 11) is 0. The molecule has 7 nitrogen and oxygen atoms in total. The van der Waals surface area contributed by atoms with Gasteiger partial charge in [-0.3, -0.25) is 9.59 Å². The lowest BCUT2D eigenvalue weighted by Crippen LogP contribution is -2.54. The van der Waals surface area contributed by atoms with Gasteiger partial charge in [-0.1, -0.05) is 0 Å². The summed E-state index contributed by atoms with van der Waals surface area (Å²) in [5.41, 5.74) is -1.06. The van der Waals surface area contributed by atoms with E-state index in [1.54, 1.807) is 23.6 Å². The third-order valence-electron chi connectivity index (χ3n) is 3.76. The molecule has 0 aromatic rings.